The largest absolute Gasteiger partial charge is 0.496 e. The Hall–Kier alpha value is -2.86. The summed E-state index contributed by atoms with van der Waals surface area (Å²) in [7, 11) is 1.64. The second-order valence-electron chi connectivity index (χ2n) is 10.2. The molecule has 0 atom stereocenters. The Labute approximate surface area is 217 Å². The first-order valence-corrected chi connectivity index (χ1v) is 13.4. The number of nitrogens with one attached hydrogen (secondary N) is 1. The number of ether oxygens (including phenoxy) is 1. The van der Waals surface area contributed by atoms with Crippen LogP contribution in [0.15, 0.2) is 42.5 Å². The molecule has 1 aliphatic rings. The van der Waals surface area contributed by atoms with Gasteiger partial charge in [-0.25, -0.2) is 0 Å². The Balaban J connectivity index is 1.88. The van der Waals surface area contributed by atoms with Crippen molar-refractivity contribution >= 4 is 17.5 Å². The third-order valence-corrected chi connectivity index (χ3v) is 6.92. The number of anilines is 1. The van der Waals surface area contributed by atoms with Crippen molar-refractivity contribution in [3.8, 4) is 5.75 Å². The summed E-state index contributed by atoms with van der Waals surface area (Å²) in [6.07, 6.45) is 6.87. The van der Waals surface area contributed by atoms with Gasteiger partial charge in [0, 0.05) is 43.4 Å². The van der Waals surface area contributed by atoms with Crippen LogP contribution in [0.25, 0.3) is 0 Å². The Morgan fingerprint density at radius 3 is 2.44 bits per heavy atom. The van der Waals surface area contributed by atoms with Crippen LogP contribution in [0.1, 0.15) is 80.8 Å². The van der Waals surface area contributed by atoms with E-state index in [-0.39, 0.29) is 11.8 Å². The third kappa shape index (κ3) is 8.09. The lowest BCUT2D eigenvalue weighted by atomic mass is 10.0. The molecule has 36 heavy (non-hydrogen) atoms. The van der Waals surface area contributed by atoms with Gasteiger partial charge in [0.05, 0.1) is 7.11 Å². The van der Waals surface area contributed by atoms with Gasteiger partial charge in [0.25, 0.3) is 5.91 Å². The topological polar surface area (TPSA) is 61.9 Å². The SMILES string of the molecule is COc1ccccc1CNC(=O)c1ccc2c(c1)CN(CCC(C)C)CCCCCCCN2C(C)=O. The van der Waals surface area contributed by atoms with E-state index in [4.69, 9.17) is 4.74 Å². The first kappa shape index (κ1) is 27.7. The predicted molar refractivity (Wildman–Crippen MR) is 146 cm³/mol. The minimum absolute atomic E-state index is 0.0513. The molecule has 6 nitrogen and oxygen atoms in total. The van der Waals surface area contributed by atoms with Crippen molar-refractivity contribution in [2.45, 2.75) is 72.4 Å². The van der Waals surface area contributed by atoms with Crippen molar-refractivity contribution in [2.75, 3.05) is 31.6 Å². The zero-order valence-corrected chi connectivity index (χ0v) is 22.5. The van der Waals surface area contributed by atoms with Crippen LogP contribution in [-0.2, 0) is 17.9 Å². The van der Waals surface area contributed by atoms with Crippen LogP contribution < -0.4 is 15.0 Å². The Kier molecular flexibility index (Phi) is 10.8. The quantitative estimate of drug-likeness (QED) is 0.530. The number of nitrogens with zero attached hydrogens (tertiary/aromatic N) is 2. The van der Waals surface area contributed by atoms with E-state index in [1.54, 1.807) is 14.0 Å². The third-order valence-electron chi connectivity index (χ3n) is 6.92. The van der Waals surface area contributed by atoms with Crippen molar-refractivity contribution in [2.24, 2.45) is 5.92 Å². The lowest BCUT2D eigenvalue weighted by Gasteiger charge is -2.29. The van der Waals surface area contributed by atoms with Crippen molar-refractivity contribution in [3.63, 3.8) is 0 Å². The molecule has 0 fully saturated rings. The zero-order chi connectivity index (χ0) is 25.9. The fourth-order valence-corrected chi connectivity index (χ4v) is 4.78. The van der Waals surface area contributed by atoms with E-state index in [1.165, 1.54) is 19.3 Å². The lowest BCUT2D eigenvalue weighted by molar-refractivity contribution is -0.116. The van der Waals surface area contributed by atoms with Gasteiger partial charge in [0.1, 0.15) is 5.75 Å². The number of carbonyl (C=O) groups excluding carboxylic acids is 2. The molecule has 0 saturated heterocycles. The smallest absolute Gasteiger partial charge is 0.251 e. The summed E-state index contributed by atoms with van der Waals surface area (Å²) in [5.74, 6) is 1.31. The molecule has 0 bridgehead atoms. The van der Waals surface area contributed by atoms with Gasteiger partial charge in [-0.3, -0.25) is 14.5 Å². The highest BCUT2D eigenvalue weighted by Gasteiger charge is 2.20. The zero-order valence-electron chi connectivity index (χ0n) is 22.5. The van der Waals surface area contributed by atoms with E-state index in [0.717, 1.165) is 61.5 Å². The van der Waals surface area contributed by atoms with Crippen LogP contribution in [0.4, 0.5) is 5.69 Å². The van der Waals surface area contributed by atoms with Crippen LogP contribution in [0, 0.1) is 5.92 Å². The fraction of sp³-hybridized carbons (Fsp3) is 0.533. The van der Waals surface area contributed by atoms with Gasteiger partial charge in [0.15, 0.2) is 0 Å². The van der Waals surface area contributed by atoms with Crippen LogP contribution in [0.5, 0.6) is 5.75 Å². The van der Waals surface area contributed by atoms with E-state index in [2.05, 4.69) is 24.1 Å². The highest BCUT2D eigenvalue weighted by atomic mass is 16.5. The maximum atomic E-state index is 13.1. The van der Waals surface area contributed by atoms with Crippen molar-refractivity contribution in [3.05, 3.63) is 59.2 Å². The Morgan fingerprint density at radius 1 is 1.00 bits per heavy atom. The molecule has 1 aliphatic heterocycles. The van der Waals surface area contributed by atoms with E-state index in [9.17, 15) is 9.59 Å². The average Bonchev–Trinajstić information content (AvgIpc) is 2.86. The monoisotopic (exact) mass is 493 g/mol. The molecule has 3 rings (SSSR count). The van der Waals surface area contributed by atoms with Crippen molar-refractivity contribution < 1.29 is 14.3 Å². The second-order valence-corrected chi connectivity index (χ2v) is 10.2. The van der Waals surface area contributed by atoms with Gasteiger partial charge in [-0.2, -0.15) is 0 Å². The van der Waals surface area contributed by atoms with E-state index in [1.807, 2.05) is 47.4 Å². The minimum Gasteiger partial charge on any atom is -0.496 e. The number of amides is 2. The summed E-state index contributed by atoms with van der Waals surface area (Å²) in [5, 5.41) is 3.04. The van der Waals surface area contributed by atoms with Crippen molar-refractivity contribution in [1.29, 1.82) is 0 Å². The molecule has 6 heteroatoms. The summed E-state index contributed by atoms with van der Waals surface area (Å²) in [4.78, 5) is 30.2. The fourth-order valence-electron chi connectivity index (χ4n) is 4.78. The molecular formula is C30H43N3O3. The van der Waals surface area contributed by atoms with E-state index in [0.29, 0.717) is 24.6 Å². The number of methoxy groups -OCH3 is 1. The number of benzene rings is 2. The number of hydrogen-bond acceptors (Lipinski definition) is 4. The van der Waals surface area contributed by atoms with Crippen LogP contribution in [-0.4, -0.2) is 43.5 Å². The van der Waals surface area contributed by atoms with Crippen LogP contribution >= 0.6 is 0 Å². The molecule has 0 saturated carbocycles. The molecule has 2 aromatic rings. The lowest BCUT2D eigenvalue weighted by Crippen LogP contribution is -2.33. The van der Waals surface area contributed by atoms with Crippen LogP contribution in [0.3, 0.4) is 0 Å². The molecule has 1 N–H and O–H groups in total. The molecule has 2 amide bonds. The molecule has 2 aromatic carbocycles. The molecule has 196 valence electrons. The van der Waals surface area contributed by atoms with Gasteiger partial charge in [-0.1, -0.05) is 51.3 Å². The molecule has 0 spiro atoms. The summed E-state index contributed by atoms with van der Waals surface area (Å²) >= 11 is 0. The van der Waals surface area contributed by atoms with Gasteiger partial charge in [-0.15, -0.1) is 0 Å². The number of para-hydroxylation sites is 1. The number of fused-ring (bicyclic) bond motifs is 1. The Bertz CT molecular complexity index is 1000. The number of rotatable bonds is 7. The van der Waals surface area contributed by atoms with Gasteiger partial charge in [-0.05, 0) is 68.1 Å². The standard InChI is InChI=1S/C30H43N3O3/c1-23(2)16-19-32-17-10-6-5-7-11-18-33(24(3)34)28-15-14-25(20-27(28)22-32)30(35)31-21-26-12-8-9-13-29(26)36-4/h8-9,12-15,20,23H,5-7,10-11,16-19,21-22H2,1-4H3,(H,31,35). The maximum absolute atomic E-state index is 13.1. The van der Waals surface area contributed by atoms with Gasteiger partial charge < -0.3 is 15.0 Å². The second kappa shape index (κ2) is 14.0. The highest BCUT2D eigenvalue weighted by molar-refractivity contribution is 5.97. The molecule has 0 radical (unpaired) electrons. The average molecular weight is 494 g/mol. The van der Waals surface area contributed by atoms with E-state index >= 15 is 0 Å². The maximum Gasteiger partial charge on any atom is 0.251 e. The van der Waals surface area contributed by atoms with Crippen LogP contribution in [0.2, 0.25) is 0 Å². The summed E-state index contributed by atoms with van der Waals surface area (Å²) in [6, 6.07) is 13.5. The van der Waals surface area contributed by atoms with E-state index < -0.39 is 0 Å². The minimum atomic E-state index is -0.127. The first-order valence-electron chi connectivity index (χ1n) is 13.4. The predicted octanol–water partition coefficient (Wildman–Crippen LogP) is 5.79. The molecular weight excluding hydrogens is 450 g/mol. The molecule has 0 unspecified atom stereocenters. The summed E-state index contributed by atoms with van der Waals surface area (Å²) in [6.45, 7) is 10.0. The number of carbonyl (C=O) groups is 2. The normalized spacial score (nSPS) is 15.5. The summed E-state index contributed by atoms with van der Waals surface area (Å²) in [5.41, 5.74) is 3.52. The van der Waals surface area contributed by atoms with Gasteiger partial charge >= 0.3 is 0 Å². The number of hydrogen-bond donors (Lipinski definition) is 1. The van der Waals surface area contributed by atoms with Crippen molar-refractivity contribution in [1.82, 2.24) is 10.2 Å². The molecule has 0 aromatic heterocycles. The summed E-state index contributed by atoms with van der Waals surface area (Å²) < 4.78 is 5.42. The Morgan fingerprint density at radius 2 is 1.72 bits per heavy atom. The first-order chi connectivity index (χ1) is 17.4. The molecule has 1 heterocycles. The highest BCUT2D eigenvalue weighted by Crippen LogP contribution is 2.26. The molecule has 0 aliphatic carbocycles. The van der Waals surface area contributed by atoms with Gasteiger partial charge in [0.2, 0.25) is 5.91 Å².